The molecule has 0 fully saturated rings. The first-order valence-electron chi connectivity index (χ1n) is 4.60. The lowest BCUT2D eigenvalue weighted by Gasteiger charge is -2.05. The Bertz CT molecular complexity index is 464. The number of nitrogens with zero attached hydrogens (tertiary/aromatic N) is 1. The number of thioether (sulfide) groups is 1. The summed E-state index contributed by atoms with van der Waals surface area (Å²) in [6.07, 6.45) is 0. The van der Waals surface area contributed by atoms with Gasteiger partial charge in [0.05, 0.1) is 12.1 Å². The van der Waals surface area contributed by atoms with Crippen LogP contribution in [0.2, 0.25) is 5.02 Å². The van der Waals surface area contributed by atoms with Gasteiger partial charge in [-0.1, -0.05) is 23.4 Å². The second-order valence-corrected chi connectivity index (χ2v) is 4.63. The van der Waals surface area contributed by atoms with Crippen molar-refractivity contribution in [3.05, 3.63) is 34.6 Å². The smallest absolute Gasteiger partial charge is 0.260 e. The van der Waals surface area contributed by atoms with Gasteiger partial charge in [0.2, 0.25) is 0 Å². The summed E-state index contributed by atoms with van der Waals surface area (Å²) in [6, 6.07) is 3.86. The summed E-state index contributed by atoms with van der Waals surface area (Å²) in [7, 11) is 0. The number of hydrogen-bond acceptors (Lipinski definition) is 3. The summed E-state index contributed by atoms with van der Waals surface area (Å²) in [4.78, 5) is 15.7. The average molecular weight is 259 g/mol. The summed E-state index contributed by atoms with van der Waals surface area (Å²) in [6.45, 7) is 0.679. The van der Waals surface area contributed by atoms with Gasteiger partial charge in [-0.05, 0) is 18.2 Å². The van der Waals surface area contributed by atoms with Crippen molar-refractivity contribution in [2.75, 3.05) is 12.3 Å². The number of aliphatic imine (C=N–C) groups is 1. The zero-order valence-electron chi connectivity index (χ0n) is 8.17. The minimum absolute atomic E-state index is 0.0669. The Balaban J connectivity index is 2.16. The molecule has 1 amide bonds. The number of hydrogen-bond donors (Lipinski definition) is 1. The van der Waals surface area contributed by atoms with E-state index in [2.05, 4.69) is 10.3 Å². The normalized spacial score (nSPS) is 14.8. The van der Waals surface area contributed by atoms with E-state index in [4.69, 9.17) is 11.6 Å². The molecule has 0 radical (unpaired) electrons. The number of amides is 1. The van der Waals surface area contributed by atoms with Gasteiger partial charge in [-0.25, -0.2) is 4.39 Å². The van der Waals surface area contributed by atoms with E-state index < -0.39 is 11.7 Å². The summed E-state index contributed by atoms with van der Waals surface area (Å²) in [5.74, 6) is -0.271. The molecule has 3 nitrogen and oxygen atoms in total. The molecule has 84 valence electrons. The fourth-order valence-electron chi connectivity index (χ4n) is 1.25. The summed E-state index contributed by atoms with van der Waals surface area (Å²) in [5, 5.41) is 3.40. The molecule has 0 aliphatic carbocycles. The molecule has 1 aromatic carbocycles. The van der Waals surface area contributed by atoms with Crippen LogP contribution in [-0.2, 0) is 0 Å². The van der Waals surface area contributed by atoms with E-state index in [1.807, 2.05) is 0 Å². The predicted octanol–water partition coefficient (Wildman–Crippen LogP) is 2.31. The number of benzene rings is 1. The largest absolute Gasteiger partial charge is 0.301 e. The molecular weight excluding hydrogens is 251 g/mol. The molecule has 1 aromatic rings. The lowest BCUT2D eigenvalue weighted by atomic mass is 10.2. The maximum Gasteiger partial charge on any atom is 0.260 e. The number of carbonyl (C=O) groups excluding carboxylic acids is 1. The Labute approximate surface area is 101 Å². The highest BCUT2D eigenvalue weighted by Gasteiger charge is 2.16. The molecule has 0 bridgehead atoms. The van der Waals surface area contributed by atoms with Gasteiger partial charge in [0, 0.05) is 10.8 Å². The van der Waals surface area contributed by atoms with Crippen molar-refractivity contribution < 1.29 is 9.18 Å². The quantitative estimate of drug-likeness (QED) is 0.840. The molecule has 0 unspecified atom stereocenters. The highest BCUT2D eigenvalue weighted by molar-refractivity contribution is 8.14. The van der Waals surface area contributed by atoms with E-state index in [1.54, 1.807) is 0 Å². The van der Waals surface area contributed by atoms with Crippen LogP contribution in [0.15, 0.2) is 23.2 Å². The van der Waals surface area contributed by atoms with Crippen LogP contribution in [0.3, 0.4) is 0 Å². The van der Waals surface area contributed by atoms with Crippen molar-refractivity contribution in [1.29, 1.82) is 0 Å². The van der Waals surface area contributed by atoms with Gasteiger partial charge in [-0.15, -0.1) is 0 Å². The van der Waals surface area contributed by atoms with E-state index in [0.717, 1.165) is 5.75 Å². The van der Waals surface area contributed by atoms with Crippen molar-refractivity contribution in [3.63, 3.8) is 0 Å². The fourth-order valence-corrected chi connectivity index (χ4v) is 2.14. The molecule has 0 spiro atoms. The molecular formula is C10H8ClFN2OS. The van der Waals surface area contributed by atoms with Gasteiger partial charge >= 0.3 is 0 Å². The Morgan fingerprint density at radius 1 is 1.56 bits per heavy atom. The number of halogens is 2. The van der Waals surface area contributed by atoms with E-state index in [9.17, 15) is 9.18 Å². The maximum atomic E-state index is 13.3. The molecule has 1 heterocycles. The Morgan fingerprint density at radius 2 is 2.38 bits per heavy atom. The molecule has 6 heteroatoms. The number of rotatable bonds is 1. The first kappa shape index (κ1) is 11.4. The Morgan fingerprint density at radius 3 is 3.06 bits per heavy atom. The van der Waals surface area contributed by atoms with Crippen LogP contribution in [0.4, 0.5) is 4.39 Å². The third kappa shape index (κ3) is 2.54. The molecule has 1 aliphatic rings. The number of carbonyl (C=O) groups is 1. The molecule has 16 heavy (non-hydrogen) atoms. The van der Waals surface area contributed by atoms with E-state index in [-0.39, 0.29) is 5.56 Å². The van der Waals surface area contributed by atoms with Crippen molar-refractivity contribution in [2.45, 2.75) is 0 Å². The maximum absolute atomic E-state index is 13.3. The molecule has 0 saturated heterocycles. The van der Waals surface area contributed by atoms with Crippen LogP contribution >= 0.6 is 23.4 Å². The molecule has 0 atom stereocenters. The Hall–Kier alpha value is -1.07. The standard InChI is InChI=1S/C10H8ClFN2OS/c11-6-1-2-8(12)7(5-6)9(15)14-10-13-3-4-16-10/h1-2,5H,3-4H2,(H,13,14,15). The number of amidine groups is 1. The third-order valence-corrected chi connectivity index (χ3v) is 3.11. The zero-order chi connectivity index (χ0) is 11.5. The minimum atomic E-state index is -0.592. The van der Waals surface area contributed by atoms with Crippen molar-refractivity contribution in [2.24, 2.45) is 4.99 Å². The summed E-state index contributed by atoms with van der Waals surface area (Å²) < 4.78 is 13.3. The van der Waals surface area contributed by atoms with Crippen LogP contribution in [0.1, 0.15) is 10.4 Å². The topological polar surface area (TPSA) is 41.5 Å². The van der Waals surface area contributed by atoms with Gasteiger partial charge in [0.15, 0.2) is 5.17 Å². The monoisotopic (exact) mass is 258 g/mol. The van der Waals surface area contributed by atoms with Gasteiger partial charge < -0.3 is 5.32 Å². The molecule has 1 N–H and O–H groups in total. The Kier molecular flexibility index (Phi) is 3.46. The fraction of sp³-hybridized carbons (Fsp3) is 0.200. The van der Waals surface area contributed by atoms with Crippen molar-refractivity contribution in [1.82, 2.24) is 5.32 Å². The second-order valence-electron chi connectivity index (χ2n) is 3.11. The lowest BCUT2D eigenvalue weighted by molar-refractivity contribution is 0.0974. The van der Waals surface area contributed by atoms with Crippen LogP contribution in [0.25, 0.3) is 0 Å². The lowest BCUT2D eigenvalue weighted by Crippen LogP contribution is -2.28. The van der Waals surface area contributed by atoms with Gasteiger partial charge in [0.25, 0.3) is 5.91 Å². The zero-order valence-corrected chi connectivity index (χ0v) is 9.74. The number of nitrogens with one attached hydrogen (secondary N) is 1. The van der Waals surface area contributed by atoms with E-state index >= 15 is 0 Å². The van der Waals surface area contributed by atoms with Crippen molar-refractivity contribution >= 4 is 34.4 Å². The van der Waals surface area contributed by atoms with Gasteiger partial charge in [-0.3, -0.25) is 9.79 Å². The molecule has 0 aromatic heterocycles. The average Bonchev–Trinajstić information content (AvgIpc) is 2.74. The molecule has 0 saturated carbocycles. The SMILES string of the molecule is O=C(NC1=NCCS1)c1cc(Cl)ccc1F. The molecule has 1 aliphatic heterocycles. The van der Waals surface area contributed by atoms with E-state index in [0.29, 0.717) is 16.7 Å². The van der Waals surface area contributed by atoms with Crippen LogP contribution in [0.5, 0.6) is 0 Å². The highest BCUT2D eigenvalue weighted by Crippen LogP contribution is 2.16. The predicted molar refractivity (Wildman–Crippen MR) is 63.6 cm³/mol. The first-order chi connectivity index (χ1) is 7.66. The molecule has 2 rings (SSSR count). The second kappa shape index (κ2) is 4.84. The van der Waals surface area contributed by atoms with E-state index in [1.165, 1.54) is 30.0 Å². The third-order valence-electron chi connectivity index (χ3n) is 1.98. The van der Waals surface area contributed by atoms with Crippen LogP contribution < -0.4 is 5.32 Å². The van der Waals surface area contributed by atoms with Crippen molar-refractivity contribution in [3.8, 4) is 0 Å². The highest BCUT2D eigenvalue weighted by atomic mass is 35.5. The van der Waals surface area contributed by atoms with Gasteiger partial charge in [-0.2, -0.15) is 0 Å². The van der Waals surface area contributed by atoms with Crippen LogP contribution in [0, 0.1) is 5.82 Å². The summed E-state index contributed by atoms with van der Waals surface area (Å²) in [5.41, 5.74) is -0.0669. The van der Waals surface area contributed by atoms with Crippen LogP contribution in [-0.4, -0.2) is 23.4 Å². The first-order valence-corrected chi connectivity index (χ1v) is 5.97. The van der Waals surface area contributed by atoms with Gasteiger partial charge in [0.1, 0.15) is 5.82 Å². The summed E-state index contributed by atoms with van der Waals surface area (Å²) >= 11 is 7.13. The minimum Gasteiger partial charge on any atom is -0.301 e.